The molecule has 0 atom stereocenters. The molecule has 0 N–H and O–H groups in total. The summed E-state index contributed by atoms with van der Waals surface area (Å²) < 4.78 is 0. The molecule has 3 saturated carbocycles. The first-order valence-corrected chi connectivity index (χ1v) is 13.6. The highest BCUT2D eigenvalue weighted by Gasteiger charge is 2.31. The molecule has 0 aromatic heterocycles. The Morgan fingerprint density at radius 2 is 1.03 bits per heavy atom. The first-order valence-electron chi connectivity index (χ1n) is 13.2. The van der Waals surface area contributed by atoms with E-state index in [0.29, 0.717) is 17.8 Å². The molecule has 0 heterocycles. The highest BCUT2D eigenvalue weighted by atomic mass is 35.5. The molecule has 3 aliphatic carbocycles. The van der Waals surface area contributed by atoms with Crippen LogP contribution in [-0.2, 0) is 0 Å². The van der Waals surface area contributed by atoms with Crippen molar-refractivity contribution in [3.63, 3.8) is 0 Å². The fourth-order valence-electron chi connectivity index (χ4n) is 6.87. The van der Waals surface area contributed by atoms with Crippen molar-refractivity contribution in [3.8, 4) is 11.1 Å². The molecule has 0 nitrogen and oxygen atoms in total. The minimum atomic E-state index is 0.641. The first-order chi connectivity index (χ1) is 15.3. The van der Waals surface area contributed by atoms with E-state index >= 15 is 0 Å². The molecule has 31 heavy (non-hydrogen) atoms. The number of benzene rings is 2. The summed E-state index contributed by atoms with van der Waals surface area (Å²) >= 11 is 7.44. The summed E-state index contributed by atoms with van der Waals surface area (Å²) in [6, 6.07) is 13.9. The molecule has 2 aromatic carbocycles. The Morgan fingerprint density at radius 1 is 0.548 bits per heavy atom. The van der Waals surface area contributed by atoms with Gasteiger partial charge in [-0.05, 0) is 84.1 Å². The number of halogens is 1. The molecule has 3 aliphatic rings. The van der Waals surface area contributed by atoms with Crippen molar-refractivity contribution in [1.82, 2.24) is 0 Å². The molecule has 0 aliphatic heterocycles. The summed E-state index contributed by atoms with van der Waals surface area (Å²) in [6.07, 6.45) is 20.5. The van der Waals surface area contributed by atoms with Crippen LogP contribution in [-0.4, -0.2) is 0 Å². The molecule has 0 spiro atoms. The average Bonchev–Trinajstić information content (AvgIpc) is 2.86. The summed E-state index contributed by atoms with van der Waals surface area (Å²) in [7, 11) is 0. The first kappa shape index (κ1) is 21.6. The van der Waals surface area contributed by atoms with Crippen molar-refractivity contribution in [1.29, 1.82) is 0 Å². The van der Waals surface area contributed by atoms with Gasteiger partial charge in [0.25, 0.3) is 0 Å². The highest BCUT2D eigenvalue weighted by Crippen LogP contribution is 2.51. The van der Waals surface area contributed by atoms with Crippen LogP contribution in [0.25, 0.3) is 11.1 Å². The van der Waals surface area contributed by atoms with Gasteiger partial charge in [0.05, 0.1) is 0 Å². The predicted octanol–water partition coefficient (Wildman–Crippen LogP) is 10.2. The van der Waals surface area contributed by atoms with Crippen LogP contribution in [0.2, 0.25) is 5.02 Å². The third kappa shape index (κ3) is 4.61. The Bertz CT molecular complexity index is 850. The fourth-order valence-corrected chi connectivity index (χ4v) is 7.33. The van der Waals surface area contributed by atoms with Crippen molar-refractivity contribution < 1.29 is 0 Å². The minimum absolute atomic E-state index is 0.641. The van der Waals surface area contributed by atoms with E-state index in [-0.39, 0.29) is 0 Å². The standard InChI is InChI=1S/C30H39Cl/c31-30-27(23-15-7-2-8-16-23)21-26(22-13-5-1-6-14-22)28(24-17-9-3-10-18-24)29(30)25-19-11-4-12-20-25/h3,9-10,17-18,21-23,25H,1-2,4-8,11-16,19-20H2. The van der Waals surface area contributed by atoms with Gasteiger partial charge in [0.1, 0.15) is 0 Å². The van der Waals surface area contributed by atoms with E-state index in [9.17, 15) is 0 Å². The highest BCUT2D eigenvalue weighted by molar-refractivity contribution is 6.32. The lowest BCUT2D eigenvalue weighted by molar-refractivity contribution is 0.428. The van der Waals surface area contributed by atoms with E-state index in [1.54, 1.807) is 5.56 Å². The maximum atomic E-state index is 7.44. The van der Waals surface area contributed by atoms with Crippen molar-refractivity contribution in [2.45, 2.75) is 114 Å². The van der Waals surface area contributed by atoms with Gasteiger partial charge in [0.15, 0.2) is 0 Å². The predicted molar refractivity (Wildman–Crippen MR) is 134 cm³/mol. The molecule has 0 radical (unpaired) electrons. The fraction of sp³-hybridized carbons (Fsp3) is 0.600. The van der Waals surface area contributed by atoms with Crippen LogP contribution in [0.1, 0.15) is 131 Å². The number of hydrogen-bond donors (Lipinski definition) is 0. The quantitative estimate of drug-likeness (QED) is 0.448. The van der Waals surface area contributed by atoms with Gasteiger partial charge >= 0.3 is 0 Å². The minimum Gasteiger partial charge on any atom is -0.0837 e. The Labute approximate surface area is 194 Å². The van der Waals surface area contributed by atoms with Crippen LogP contribution in [0.5, 0.6) is 0 Å². The van der Waals surface area contributed by atoms with Gasteiger partial charge in [-0.2, -0.15) is 0 Å². The number of rotatable bonds is 4. The van der Waals surface area contributed by atoms with E-state index < -0.39 is 0 Å². The second kappa shape index (κ2) is 10.1. The van der Waals surface area contributed by atoms with Crippen LogP contribution < -0.4 is 0 Å². The Morgan fingerprint density at radius 3 is 1.58 bits per heavy atom. The van der Waals surface area contributed by atoms with E-state index in [1.165, 1.54) is 119 Å². The molecule has 1 heteroatoms. The zero-order valence-electron chi connectivity index (χ0n) is 19.2. The molecule has 0 saturated heterocycles. The second-order valence-electron chi connectivity index (χ2n) is 10.5. The third-order valence-corrected chi connectivity index (χ3v) is 8.95. The normalized spacial score (nSPS) is 22.0. The zero-order chi connectivity index (χ0) is 21.0. The van der Waals surface area contributed by atoms with Crippen molar-refractivity contribution >= 4 is 11.6 Å². The van der Waals surface area contributed by atoms with Gasteiger partial charge in [0.2, 0.25) is 0 Å². The second-order valence-corrected chi connectivity index (χ2v) is 10.9. The molecule has 3 fully saturated rings. The molecule has 5 rings (SSSR count). The Balaban J connectivity index is 1.71. The van der Waals surface area contributed by atoms with Gasteiger partial charge in [-0.25, -0.2) is 0 Å². The summed E-state index contributed by atoms with van der Waals surface area (Å²) in [5, 5.41) is 1.15. The molecule has 166 valence electrons. The van der Waals surface area contributed by atoms with Crippen LogP contribution in [0.3, 0.4) is 0 Å². The van der Waals surface area contributed by atoms with Crippen LogP contribution in [0.15, 0.2) is 36.4 Å². The summed E-state index contributed by atoms with van der Waals surface area (Å²) in [4.78, 5) is 0. The summed E-state index contributed by atoms with van der Waals surface area (Å²) in [6.45, 7) is 0. The van der Waals surface area contributed by atoms with Crippen LogP contribution >= 0.6 is 11.6 Å². The van der Waals surface area contributed by atoms with E-state index in [1.807, 2.05) is 0 Å². The molecule has 0 unspecified atom stereocenters. The van der Waals surface area contributed by atoms with Gasteiger partial charge in [0, 0.05) is 5.02 Å². The van der Waals surface area contributed by atoms with Crippen LogP contribution in [0, 0.1) is 0 Å². The van der Waals surface area contributed by atoms with Crippen molar-refractivity contribution in [3.05, 3.63) is 58.1 Å². The lowest BCUT2D eigenvalue weighted by Gasteiger charge is -2.34. The van der Waals surface area contributed by atoms with Crippen molar-refractivity contribution in [2.75, 3.05) is 0 Å². The van der Waals surface area contributed by atoms with Gasteiger partial charge in [-0.1, -0.05) is 106 Å². The van der Waals surface area contributed by atoms with Crippen molar-refractivity contribution in [2.24, 2.45) is 0 Å². The monoisotopic (exact) mass is 434 g/mol. The Hall–Kier alpha value is -1.27. The topological polar surface area (TPSA) is 0 Å². The van der Waals surface area contributed by atoms with Gasteiger partial charge in [-0.15, -0.1) is 0 Å². The molecule has 0 amide bonds. The summed E-state index contributed by atoms with van der Waals surface area (Å²) in [5.74, 6) is 2.03. The van der Waals surface area contributed by atoms with E-state index in [0.717, 1.165) is 5.02 Å². The SMILES string of the molecule is Clc1c(C2CCCCC2)cc(C2CCCCC2)c(-c2ccccc2)c1C1CCCCC1. The third-order valence-electron chi connectivity index (χ3n) is 8.52. The van der Waals surface area contributed by atoms with Gasteiger partial charge in [-0.3, -0.25) is 0 Å². The molecule has 2 aromatic rings. The lowest BCUT2D eigenvalue weighted by Crippen LogP contribution is -2.15. The lowest BCUT2D eigenvalue weighted by atomic mass is 9.72. The van der Waals surface area contributed by atoms with Gasteiger partial charge < -0.3 is 0 Å². The molecular weight excluding hydrogens is 396 g/mol. The van der Waals surface area contributed by atoms with Crippen LogP contribution in [0.4, 0.5) is 0 Å². The Kier molecular flexibility index (Phi) is 7.04. The molecular formula is C30H39Cl. The van der Waals surface area contributed by atoms with E-state index in [2.05, 4.69) is 36.4 Å². The maximum absolute atomic E-state index is 7.44. The zero-order valence-corrected chi connectivity index (χ0v) is 19.9. The largest absolute Gasteiger partial charge is 0.0837 e. The number of hydrogen-bond acceptors (Lipinski definition) is 0. The van der Waals surface area contributed by atoms with E-state index in [4.69, 9.17) is 11.6 Å². The average molecular weight is 435 g/mol. The smallest absolute Gasteiger partial charge is 0.0482 e. The summed E-state index contributed by atoms with van der Waals surface area (Å²) in [5.41, 5.74) is 7.64. The molecule has 0 bridgehead atoms. The maximum Gasteiger partial charge on any atom is 0.0482 e.